The fourth-order valence-electron chi connectivity index (χ4n) is 1.63. The molecule has 0 spiro atoms. The van der Waals surface area contributed by atoms with Crippen LogP contribution in [0.1, 0.15) is 32.8 Å². The van der Waals surface area contributed by atoms with Gasteiger partial charge >= 0.3 is 0 Å². The van der Waals surface area contributed by atoms with Crippen LogP contribution in [0, 0.1) is 0 Å². The zero-order chi connectivity index (χ0) is 15.4. The third kappa shape index (κ3) is 5.10. The van der Waals surface area contributed by atoms with Gasteiger partial charge in [0, 0.05) is 0 Å². The van der Waals surface area contributed by atoms with Gasteiger partial charge in [0.15, 0.2) is 0 Å². The first-order chi connectivity index (χ1) is 9.12. The van der Waals surface area contributed by atoms with Gasteiger partial charge in [-0.1, -0.05) is 51.1 Å². The standard InChI is InChI=1S/C16H26O3Si/c1-16(2,3)20(4,5)19-15(18)12-14(17)11-13-9-7-6-8-10-13/h6-10,14,17H,11-12H2,1-5H3. The molecule has 0 saturated carbocycles. The van der Waals surface area contributed by atoms with Crippen LogP contribution in [-0.2, 0) is 15.6 Å². The molecular formula is C16H26O3Si. The van der Waals surface area contributed by atoms with Crippen molar-refractivity contribution in [3.63, 3.8) is 0 Å². The lowest BCUT2D eigenvalue weighted by molar-refractivity contribution is -0.137. The summed E-state index contributed by atoms with van der Waals surface area (Å²) in [4.78, 5) is 12.0. The van der Waals surface area contributed by atoms with Crippen molar-refractivity contribution in [2.24, 2.45) is 0 Å². The molecule has 0 aliphatic carbocycles. The van der Waals surface area contributed by atoms with E-state index in [1.54, 1.807) is 0 Å². The molecule has 1 aromatic carbocycles. The van der Waals surface area contributed by atoms with E-state index in [0.29, 0.717) is 6.42 Å². The van der Waals surface area contributed by atoms with E-state index in [1.165, 1.54) is 0 Å². The Morgan fingerprint density at radius 2 is 1.80 bits per heavy atom. The summed E-state index contributed by atoms with van der Waals surface area (Å²) < 4.78 is 5.65. The van der Waals surface area contributed by atoms with Gasteiger partial charge in [0.2, 0.25) is 0 Å². The number of aliphatic hydroxyl groups is 1. The Balaban J connectivity index is 2.50. The largest absolute Gasteiger partial charge is 0.519 e. The van der Waals surface area contributed by atoms with E-state index in [2.05, 4.69) is 20.8 Å². The van der Waals surface area contributed by atoms with Gasteiger partial charge in [0.05, 0.1) is 12.5 Å². The second-order valence-corrected chi connectivity index (χ2v) is 11.5. The minimum Gasteiger partial charge on any atom is -0.519 e. The number of carbonyl (C=O) groups excluding carboxylic acids is 1. The second kappa shape index (κ2) is 6.55. The van der Waals surface area contributed by atoms with Crippen LogP contribution < -0.4 is 0 Å². The number of rotatable bonds is 5. The number of hydrogen-bond acceptors (Lipinski definition) is 3. The van der Waals surface area contributed by atoms with E-state index >= 15 is 0 Å². The minimum absolute atomic E-state index is 0.00690. The second-order valence-electron chi connectivity index (χ2n) is 6.78. The Morgan fingerprint density at radius 3 is 2.30 bits per heavy atom. The zero-order valence-corrected chi connectivity index (χ0v) is 14.1. The molecule has 0 heterocycles. The summed E-state index contributed by atoms with van der Waals surface area (Å²) >= 11 is 0. The maximum absolute atomic E-state index is 12.0. The number of benzene rings is 1. The van der Waals surface area contributed by atoms with Gasteiger partial charge in [0.25, 0.3) is 14.3 Å². The van der Waals surface area contributed by atoms with Crippen LogP contribution in [0.5, 0.6) is 0 Å². The average Bonchev–Trinajstić information content (AvgIpc) is 2.27. The lowest BCUT2D eigenvalue weighted by atomic mass is 10.1. The van der Waals surface area contributed by atoms with Crippen molar-refractivity contribution in [2.75, 3.05) is 0 Å². The van der Waals surface area contributed by atoms with Crippen molar-refractivity contribution in [2.45, 2.75) is 57.8 Å². The molecule has 4 heteroatoms. The van der Waals surface area contributed by atoms with Crippen molar-refractivity contribution in [1.82, 2.24) is 0 Å². The normalized spacial score (nSPS) is 13.9. The number of aliphatic hydroxyl groups excluding tert-OH is 1. The quantitative estimate of drug-likeness (QED) is 0.845. The first-order valence-electron chi connectivity index (χ1n) is 7.05. The van der Waals surface area contributed by atoms with E-state index < -0.39 is 14.4 Å². The zero-order valence-electron chi connectivity index (χ0n) is 13.1. The van der Waals surface area contributed by atoms with E-state index in [9.17, 15) is 9.90 Å². The summed E-state index contributed by atoms with van der Waals surface area (Å²) in [6.45, 7) is 10.3. The summed E-state index contributed by atoms with van der Waals surface area (Å²) in [5.41, 5.74) is 1.03. The Bertz CT molecular complexity index is 435. The molecule has 0 radical (unpaired) electrons. The van der Waals surface area contributed by atoms with Crippen LogP contribution in [0.25, 0.3) is 0 Å². The Labute approximate surface area is 123 Å². The smallest absolute Gasteiger partial charge is 0.295 e. The van der Waals surface area contributed by atoms with Gasteiger partial charge in [-0.2, -0.15) is 0 Å². The molecule has 0 aromatic heterocycles. The highest BCUT2D eigenvalue weighted by Crippen LogP contribution is 2.36. The van der Waals surface area contributed by atoms with Gasteiger partial charge in [-0.3, -0.25) is 4.79 Å². The predicted octanol–water partition coefficient (Wildman–Crippen LogP) is 3.53. The Morgan fingerprint density at radius 1 is 1.25 bits per heavy atom. The van der Waals surface area contributed by atoms with Gasteiger partial charge < -0.3 is 9.53 Å². The maximum Gasteiger partial charge on any atom is 0.295 e. The molecule has 0 aliphatic heterocycles. The number of hydrogen-bond donors (Lipinski definition) is 1. The monoisotopic (exact) mass is 294 g/mol. The molecule has 20 heavy (non-hydrogen) atoms. The summed E-state index contributed by atoms with van der Waals surface area (Å²) in [6, 6.07) is 9.68. The van der Waals surface area contributed by atoms with Crippen molar-refractivity contribution in [3.05, 3.63) is 35.9 Å². The molecule has 0 saturated heterocycles. The van der Waals surface area contributed by atoms with E-state index in [0.717, 1.165) is 5.56 Å². The highest BCUT2D eigenvalue weighted by molar-refractivity contribution is 6.75. The topological polar surface area (TPSA) is 46.5 Å². The third-order valence-electron chi connectivity index (χ3n) is 3.89. The van der Waals surface area contributed by atoms with Crippen molar-refractivity contribution >= 4 is 14.3 Å². The van der Waals surface area contributed by atoms with Gasteiger partial charge in [0.1, 0.15) is 0 Å². The molecule has 0 aliphatic rings. The Hall–Kier alpha value is -1.13. The summed E-state index contributed by atoms with van der Waals surface area (Å²) in [7, 11) is -2.09. The highest BCUT2D eigenvalue weighted by atomic mass is 28.4. The van der Waals surface area contributed by atoms with Crippen LogP contribution in [0.4, 0.5) is 0 Å². The molecule has 0 fully saturated rings. The molecule has 0 bridgehead atoms. The van der Waals surface area contributed by atoms with Crippen LogP contribution in [-0.4, -0.2) is 25.5 Å². The fourth-order valence-corrected chi connectivity index (χ4v) is 2.59. The van der Waals surface area contributed by atoms with E-state index in [-0.39, 0.29) is 17.4 Å². The molecule has 1 aromatic rings. The lowest BCUT2D eigenvalue weighted by Crippen LogP contribution is -2.43. The first-order valence-corrected chi connectivity index (χ1v) is 9.96. The van der Waals surface area contributed by atoms with Crippen LogP contribution in [0.3, 0.4) is 0 Å². The Kier molecular flexibility index (Phi) is 5.54. The summed E-state index contributed by atoms with van der Waals surface area (Å²) in [6.07, 6.45) is -0.149. The molecule has 1 rings (SSSR count). The molecular weight excluding hydrogens is 268 g/mol. The predicted molar refractivity (Wildman–Crippen MR) is 84.1 cm³/mol. The molecule has 1 N–H and O–H groups in total. The molecule has 0 amide bonds. The fraction of sp³-hybridized carbons (Fsp3) is 0.562. The minimum atomic E-state index is -2.09. The summed E-state index contributed by atoms with van der Waals surface area (Å²) in [5, 5.41) is 9.98. The van der Waals surface area contributed by atoms with Crippen LogP contribution >= 0.6 is 0 Å². The summed E-state index contributed by atoms with van der Waals surface area (Å²) in [5.74, 6) is -0.292. The van der Waals surface area contributed by atoms with Crippen LogP contribution in [0.15, 0.2) is 30.3 Å². The van der Waals surface area contributed by atoms with Gasteiger partial charge in [-0.25, -0.2) is 0 Å². The highest BCUT2D eigenvalue weighted by Gasteiger charge is 2.40. The van der Waals surface area contributed by atoms with Crippen molar-refractivity contribution < 1.29 is 14.3 Å². The number of carbonyl (C=O) groups is 1. The first kappa shape index (κ1) is 16.9. The van der Waals surface area contributed by atoms with Crippen molar-refractivity contribution in [3.8, 4) is 0 Å². The molecule has 1 unspecified atom stereocenters. The average molecular weight is 294 g/mol. The maximum atomic E-state index is 12.0. The lowest BCUT2D eigenvalue weighted by Gasteiger charge is -2.35. The third-order valence-corrected chi connectivity index (χ3v) is 8.24. The van der Waals surface area contributed by atoms with Gasteiger partial charge in [-0.15, -0.1) is 0 Å². The SMILES string of the molecule is CC(C)(C)[Si](C)(C)OC(=O)CC(O)Cc1ccccc1. The van der Waals surface area contributed by atoms with Gasteiger partial charge in [-0.05, 0) is 30.1 Å². The molecule has 1 atom stereocenters. The van der Waals surface area contributed by atoms with Crippen LogP contribution in [0.2, 0.25) is 18.1 Å². The molecule has 3 nitrogen and oxygen atoms in total. The van der Waals surface area contributed by atoms with E-state index in [1.807, 2.05) is 43.4 Å². The van der Waals surface area contributed by atoms with E-state index in [4.69, 9.17) is 4.43 Å². The van der Waals surface area contributed by atoms with Crippen molar-refractivity contribution in [1.29, 1.82) is 0 Å². The molecule has 112 valence electrons.